The molecular formula is C48H42Cl3FN4O9. The molecular weight excluding hydrogens is 902 g/mol. The van der Waals surface area contributed by atoms with Crippen LogP contribution in [-0.2, 0) is 22.6 Å². The van der Waals surface area contributed by atoms with E-state index in [-0.39, 0.29) is 70.1 Å². The molecule has 0 spiro atoms. The number of fused-ring (bicyclic) bond motifs is 1. The first kappa shape index (κ1) is 46.6. The van der Waals surface area contributed by atoms with Crippen molar-refractivity contribution in [3.8, 4) is 62.5 Å². The number of para-hydroxylation sites is 1. The van der Waals surface area contributed by atoms with E-state index in [9.17, 15) is 24.5 Å². The van der Waals surface area contributed by atoms with Crippen molar-refractivity contribution in [2.24, 2.45) is 0 Å². The van der Waals surface area contributed by atoms with E-state index in [1.54, 1.807) is 68.1 Å². The van der Waals surface area contributed by atoms with E-state index in [1.807, 2.05) is 18.2 Å². The minimum Gasteiger partial charge on any atom is -0.508 e. The fourth-order valence-corrected chi connectivity index (χ4v) is 8.17. The van der Waals surface area contributed by atoms with Crippen LogP contribution in [0.5, 0.6) is 28.9 Å². The predicted molar refractivity (Wildman–Crippen MR) is 245 cm³/mol. The van der Waals surface area contributed by atoms with Crippen molar-refractivity contribution < 1.29 is 48.2 Å². The van der Waals surface area contributed by atoms with Gasteiger partial charge in [0.05, 0.1) is 48.2 Å². The van der Waals surface area contributed by atoms with Gasteiger partial charge in [0.15, 0.2) is 11.6 Å². The number of hydrogen-bond donors (Lipinski definition) is 3. The molecule has 13 nitrogen and oxygen atoms in total. The number of carboxylic acid groups (broad SMARTS) is 1. The number of nitrogens with zero attached hydrogens (tertiary/aromatic N) is 4. The lowest BCUT2D eigenvalue weighted by molar-refractivity contribution is -0.145. The van der Waals surface area contributed by atoms with E-state index < -0.39 is 30.6 Å². The standard InChI is InChI=1S/C48H42Cl3FN4O9/c1-5-20-62-25-33(23-57)64-44-41(49)26(2)38(27(3)42(44)50)40-39(28-10-12-30(52)13-11-28)45(51)56-19-18-54-47(43(40)56)65-37(48(59)60)22-29-21-32(58)14-15-35(29)63-24-31-16-17-53-46(55-31)34-8-6-7-9-36(34)61-4/h5-19,21,33,37,57-58H,1,20,22-25H2,2-4H3,(H,59,60). The third-order valence-corrected chi connectivity index (χ3v) is 11.7. The van der Waals surface area contributed by atoms with Crippen molar-refractivity contribution in [2.45, 2.75) is 39.1 Å². The molecule has 336 valence electrons. The number of carboxylic acids is 1. The molecule has 3 aromatic heterocycles. The Morgan fingerprint density at radius 2 is 1.66 bits per heavy atom. The van der Waals surface area contributed by atoms with Crippen molar-refractivity contribution in [3.05, 3.63) is 147 Å². The molecule has 0 amide bonds. The molecule has 3 heterocycles. The van der Waals surface area contributed by atoms with Gasteiger partial charge in [0.2, 0.25) is 12.0 Å². The molecule has 2 unspecified atom stereocenters. The first-order chi connectivity index (χ1) is 31.3. The molecule has 0 radical (unpaired) electrons. The van der Waals surface area contributed by atoms with Crippen LogP contribution in [0.25, 0.3) is 39.2 Å². The van der Waals surface area contributed by atoms with Gasteiger partial charge in [-0.3, -0.25) is 0 Å². The normalized spacial score (nSPS) is 12.2. The second-order valence-electron chi connectivity index (χ2n) is 14.6. The summed E-state index contributed by atoms with van der Waals surface area (Å²) in [6, 6.07) is 19.0. The third-order valence-electron chi connectivity index (χ3n) is 10.4. The van der Waals surface area contributed by atoms with Crippen LogP contribution in [0.1, 0.15) is 22.4 Å². The highest BCUT2D eigenvalue weighted by Gasteiger charge is 2.32. The summed E-state index contributed by atoms with van der Waals surface area (Å²) in [5.41, 5.74) is 4.49. The molecule has 3 N–H and O–H groups in total. The van der Waals surface area contributed by atoms with Gasteiger partial charge >= 0.3 is 5.97 Å². The molecule has 7 aromatic rings. The van der Waals surface area contributed by atoms with Gasteiger partial charge in [-0.1, -0.05) is 65.1 Å². The lowest BCUT2D eigenvalue weighted by Gasteiger charge is -2.23. The average molecular weight is 944 g/mol. The number of aliphatic hydroxyl groups is 1. The van der Waals surface area contributed by atoms with Crippen LogP contribution >= 0.6 is 34.8 Å². The summed E-state index contributed by atoms with van der Waals surface area (Å²) in [6.07, 6.45) is 3.41. The number of phenolic OH excluding ortho intramolecular Hbond substituents is 1. The van der Waals surface area contributed by atoms with Crippen LogP contribution in [-0.4, -0.2) is 79.8 Å². The second-order valence-corrected chi connectivity index (χ2v) is 15.7. The highest BCUT2D eigenvalue weighted by atomic mass is 35.5. The number of rotatable bonds is 19. The number of hydrogen-bond acceptors (Lipinski definition) is 11. The van der Waals surface area contributed by atoms with Gasteiger partial charge in [0, 0.05) is 41.7 Å². The van der Waals surface area contributed by atoms with Crippen LogP contribution in [0.15, 0.2) is 104 Å². The Kier molecular flexibility index (Phi) is 14.8. The van der Waals surface area contributed by atoms with Gasteiger partial charge < -0.3 is 43.4 Å². The van der Waals surface area contributed by atoms with Crippen molar-refractivity contribution >= 4 is 46.3 Å². The maximum Gasteiger partial charge on any atom is 0.345 e. The molecule has 0 saturated carbocycles. The van der Waals surface area contributed by atoms with E-state index in [1.165, 1.54) is 36.5 Å². The second kappa shape index (κ2) is 20.6. The van der Waals surface area contributed by atoms with Crippen LogP contribution in [0, 0.1) is 19.7 Å². The summed E-state index contributed by atoms with van der Waals surface area (Å²) in [7, 11) is 1.56. The number of ether oxygens (including phenoxy) is 5. The monoisotopic (exact) mass is 942 g/mol. The number of carbonyl (C=O) groups is 1. The molecule has 0 fully saturated rings. The Bertz CT molecular complexity index is 2850. The Hall–Kier alpha value is -6.42. The van der Waals surface area contributed by atoms with Crippen LogP contribution < -0.4 is 18.9 Å². The molecule has 0 aliphatic heterocycles. The number of benzene rings is 4. The summed E-state index contributed by atoms with van der Waals surface area (Å²) in [5.74, 6) is -0.724. The lowest BCUT2D eigenvalue weighted by atomic mass is 9.90. The number of aromatic nitrogens is 4. The van der Waals surface area contributed by atoms with Crippen molar-refractivity contribution in [1.29, 1.82) is 0 Å². The molecule has 65 heavy (non-hydrogen) atoms. The Labute approximate surface area is 388 Å². The zero-order chi connectivity index (χ0) is 46.4. The quantitative estimate of drug-likeness (QED) is 0.0520. The van der Waals surface area contributed by atoms with Crippen LogP contribution in [0.2, 0.25) is 15.2 Å². The molecule has 2 atom stereocenters. The summed E-state index contributed by atoms with van der Waals surface area (Å²) >= 11 is 21.3. The van der Waals surface area contributed by atoms with Crippen LogP contribution in [0.3, 0.4) is 0 Å². The Balaban J connectivity index is 1.29. The minimum atomic E-state index is -1.60. The van der Waals surface area contributed by atoms with Crippen molar-refractivity contribution in [1.82, 2.24) is 19.4 Å². The highest BCUT2D eigenvalue weighted by molar-refractivity contribution is 6.39. The first-order valence-electron chi connectivity index (χ1n) is 20.0. The van der Waals surface area contributed by atoms with E-state index in [0.717, 1.165) is 0 Å². The third kappa shape index (κ3) is 9.97. The number of aliphatic carboxylic acids is 1. The zero-order valence-corrected chi connectivity index (χ0v) is 37.5. The van der Waals surface area contributed by atoms with Gasteiger partial charge in [0.1, 0.15) is 46.4 Å². The van der Waals surface area contributed by atoms with Gasteiger partial charge in [0.25, 0.3) is 0 Å². The fraction of sp³-hybridized carbons (Fsp3) is 0.208. The molecule has 7 rings (SSSR count). The Morgan fingerprint density at radius 3 is 2.35 bits per heavy atom. The van der Waals surface area contributed by atoms with E-state index in [2.05, 4.69) is 21.5 Å². The summed E-state index contributed by atoms with van der Waals surface area (Å²) in [5, 5.41) is 31.7. The zero-order valence-electron chi connectivity index (χ0n) is 35.2. The SMILES string of the molecule is C=CCOCC(CO)Oc1c(Cl)c(C)c(-c2c(-c3ccc(F)cc3)c(Cl)n3ccnc(OC(Cc4cc(O)ccc4OCc4ccnc(-c5ccccc5OC)n4)C(=O)O)c23)c(C)c1Cl. The molecule has 4 aromatic carbocycles. The molecule has 0 bridgehead atoms. The number of phenols is 1. The fourth-order valence-electron chi connectivity index (χ4n) is 7.31. The minimum absolute atomic E-state index is 0.0182. The predicted octanol–water partition coefficient (Wildman–Crippen LogP) is 10.2. The molecule has 17 heteroatoms. The number of methoxy groups -OCH3 is 1. The largest absolute Gasteiger partial charge is 0.508 e. The average Bonchev–Trinajstić information content (AvgIpc) is 3.60. The van der Waals surface area contributed by atoms with E-state index in [0.29, 0.717) is 61.8 Å². The van der Waals surface area contributed by atoms with E-state index >= 15 is 0 Å². The van der Waals surface area contributed by atoms with Gasteiger partial charge in [-0.2, -0.15) is 0 Å². The smallest absolute Gasteiger partial charge is 0.345 e. The molecule has 0 saturated heterocycles. The highest BCUT2D eigenvalue weighted by Crippen LogP contribution is 2.52. The number of halogens is 4. The number of aliphatic hydroxyl groups excluding tert-OH is 1. The van der Waals surface area contributed by atoms with Gasteiger partial charge in [-0.05, 0) is 84.6 Å². The lowest BCUT2D eigenvalue weighted by Crippen LogP contribution is -2.30. The summed E-state index contributed by atoms with van der Waals surface area (Å²) < 4.78 is 45.6. The van der Waals surface area contributed by atoms with Crippen molar-refractivity contribution in [2.75, 3.05) is 26.9 Å². The topological polar surface area (TPSA) is 167 Å². The summed E-state index contributed by atoms with van der Waals surface area (Å²) in [4.78, 5) is 26.7. The van der Waals surface area contributed by atoms with Crippen LogP contribution in [0.4, 0.5) is 4.39 Å². The maximum absolute atomic E-state index is 14.4. The van der Waals surface area contributed by atoms with Gasteiger partial charge in [-0.15, -0.1) is 6.58 Å². The molecule has 0 aliphatic carbocycles. The molecule has 0 aliphatic rings. The number of aromatic hydroxyl groups is 1. The maximum atomic E-state index is 14.4. The van der Waals surface area contributed by atoms with Crippen molar-refractivity contribution in [3.63, 3.8) is 0 Å². The first-order valence-corrected chi connectivity index (χ1v) is 21.2. The van der Waals surface area contributed by atoms with E-state index in [4.69, 9.17) is 58.5 Å². The van der Waals surface area contributed by atoms with Gasteiger partial charge in [-0.25, -0.2) is 24.1 Å². The Morgan fingerprint density at radius 1 is 0.923 bits per heavy atom. The summed E-state index contributed by atoms with van der Waals surface area (Å²) in [6.45, 7) is 6.93.